The molecule has 11 heteroatoms. The average molecular weight is 764 g/mol. The molecule has 310 valence electrons. The zero-order valence-corrected chi connectivity index (χ0v) is 34.6. The zero-order valence-electron chi connectivity index (χ0n) is 33.7. The number of carboxylic acids is 1. The molecule has 0 radical (unpaired) electrons. The molecule has 0 rings (SSSR count). The van der Waals surface area contributed by atoms with Crippen LogP contribution in [0, 0.1) is 0 Å². The molecule has 0 aromatic heterocycles. The molecule has 0 aliphatic heterocycles. The Morgan fingerprint density at radius 2 is 0.885 bits per heavy atom. The maximum absolute atomic E-state index is 12.6. The van der Waals surface area contributed by atoms with Gasteiger partial charge in [0, 0.05) is 13.0 Å². The molecule has 0 fully saturated rings. The number of carboxylic acid groups (broad SMARTS) is 1. The van der Waals surface area contributed by atoms with E-state index in [1.807, 2.05) is 0 Å². The minimum atomic E-state index is -4.60. The SMILES string of the molecule is CCCCCCCCCCCCCCCCCCOC[C@H](COP(=O)(O)OC[C@H](N)C(=O)O)OC(=O)CCCCCCCCCCCCCCCC. The summed E-state index contributed by atoms with van der Waals surface area (Å²) in [4.78, 5) is 33.5. The van der Waals surface area contributed by atoms with Crippen LogP contribution in [-0.2, 0) is 32.7 Å². The Morgan fingerprint density at radius 1 is 0.538 bits per heavy atom. The Bertz CT molecular complexity index is 847. The van der Waals surface area contributed by atoms with Crippen molar-refractivity contribution in [3.8, 4) is 0 Å². The Hall–Kier alpha value is -1.03. The molecular weight excluding hydrogens is 681 g/mol. The average Bonchev–Trinajstić information content (AvgIpc) is 3.12. The first kappa shape index (κ1) is 51.0. The van der Waals surface area contributed by atoms with Gasteiger partial charge in [-0.1, -0.05) is 194 Å². The molecule has 3 atom stereocenters. The highest BCUT2D eigenvalue weighted by Crippen LogP contribution is 2.43. The van der Waals surface area contributed by atoms with E-state index in [1.54, 1.807) is 0 Å². The summed E-state index contributed by atoms with van der Waals surface area (Å²) in [6.07, 6.45) is 37.2. The molecule has 4 N–H and O–H groups in total. The van der Waals surface area contributed by atoms with Gasteiger partial charge in [0.25, 0.3) is 0 Å². The van der Waals surface area contributed by atoms with Crippen LogP contribution < -0.4 is 5.73 Å². The van der Waals surface area contributed by atoms with Crippen LogP contribution in [0.15, 0.2) is 0 Å². The van der Waals surface area contributed by atoms with Crippen molar-refractivity contribution in [2.75, 3.05) is 26.4 Å². The lowest BCUT2D eigenvalue weighted by atomic mass is 10.0. The third kappa shape index (κ3) is 37.3. The monoisotopic (exact) mass is 764 g/mol. The third-order valence-corrected chi connectivity index (χ3v) is 10.6. The Balaban J connectivity index is 4.19. The van der Waals surface area contributed by atoms with Gasteiger partial charge in [0.05, 0.1) is 19.8 Å². The number of carbonyl (C=O) groups excluding carboxylic acids is 1. The first-order valence-electron chi connectivity index (χ1n) is 21.6. The molecule has 1 unspecified atom stereocenters. The first-order valence-corrected chi connectivity index (χ1v) is 23.1. The van der Waals surface area contributed by atoms with Crippen molar-refractivity contribution in [1.82, 2.24) is 0 Å². The molecule has 0 amide bonds. The fourth-order valence-corrected chi connectivity index (χ4v) is 7.03. The molecule has 0 bridgehead atoms. The number of hydrogen-bond donors (Lipinski definition) is 3. The van der Waals surface area contributed by atoms with E-state index in [0.717, 1.165) is 38.5 Å². The highest BCUT2D eigenvalue weighted by molar-refractivity contribution is 7.47. The second kappa shape index (κ2) is 38.3. The standard InChI is InChI=1S/C41H82NO9P/c1-3-5-7-9-11-13-15-17-19-20-22-24-26-28-30-32-34-48-35-38(36-49-52(46,47)50-37-39(42)41(44)45)51-40(43)33-31-29-27-25-23-21-18-16-14-12-10-8-6-4-2/h38-39H,3-37,42H2,1-2H3,(H,44,45)(H,46,47)/t38-,39+/m1/s1. The number of aliphatic carboxylic acids is 1. The molecule has 10 nitrogen and oxygen atoms in total. The molecule has 0 aliphatic carbocycles. The number of ether oxygens (including phenoxy) is 2. The van der Waals surface area contributed by atoms with Gasteiger partial charge in [-0.15, -0.1) is 0 Å². The molecule has 0 spiro atoms. The van der Waals surface area contributed by atoms with Crippen LogP contribution in [0.25, 0.3) is 0 Å². The van der Waals surface area contributed by atoms with Gasteiger partial charge in [-0.25, -0.2) is 4.57 Å². The predicted molar refractivity (Wildman–Crippen MR) is 213 cm³/mol. The van der Waals surface area contributed by atoms with Crippen molar-refractivity contribution in [2.45, 2.75) is 225 Å². The predicted octanol–water partition coefficient (Wildman–Crippen LogP) is 11.6. The van der Waals surface area contributed by atoms with Gasteiger partial charge in [-0.3, -0.25) is 18.6 Å². The van der Waals surface area contributed by atoms with E-state index in [-0.39, 0.29) is 13.0 Å². The Kier molecular flexibility index (Phi) is 37.5. The lowest BCUT2D eigenvalue weighted by molar-refractivity contribution is -0.154. The molecule has 52 heavy (non-hydrogen) atoms. The summed E-state index contributed by atoms with van der Waals surface area (Å²) in [6.45, 7) is 3.92. The summed E-state index contributed by atoms with van der Waals surface area (Å²) < 4.78 is 33.3. The zero-order chi connectivity index (χ0) is 38.4. The van der Waals surface area contributed by atoms with Crippen LogP contribution in [0.2, 0.25) is 0 Å². The van der Waals surface area contributed by atoms with Crippen molar-refractivity contribution in [2.24, 2.45) is 5.73 Å². The molecule has 0 heterocycles. The second-order valence-electron chi connectivity index (χ2n) is 14.8. The van der Waals surface area contributed by atoms with E-state index in [9.17, 15) is 19.0 Å². The van der Waals surface area contributed by atoms with Gasteiger partial charge in [-0.05, 0) is 12.8 Å². The van der Waals surface area contributed by atoms with Gasteiger partial charge in [0.1, 0.15) is 12.1 Å². The number of rotatable bonds is 42. The molecule has 0 saturated carbocycles. The highest BCUT2D eigenvalue weighted by Gasteiger charge is 2.27. The van der Waals surface area contributed by atoms with E-state index < -0.39 is 45.1 Å². The summed E-state index contributed by atoms with van der Waals surface area (Å²) in [7, 11) is -4.60. The van der Waals surface area contributed by atoms with Crippen molar-refractivity contribution in [3.05, 3.63) is 0 Å². The normalized spacial score (nSPS) is 13.9. The summed E-state index contributed by atoms with van der Waals surface area (Å²) in [5.74, 6) is -1.77. The van der Waals surface area contributed by atoms with Crippen LogP contribution in [0.5, 0.6) is 0 Å². The number of carbonyl (C=O) groups is 2. The largest absolute Gasteiger partial charge is 0.480 e. The van der Waals surface area contributed by atoms with Gasteiger partial charge in [-0.2, -0.15) is 0 Å². The lowest BCUT2D eigenvalue weighted by Crippen LogP contribution is -2.34. The van der Waals surface area contributed by atoms with Gasteiger partial charge in [0.15, 0.2) is 0 Å². The van der Waals surface area contributed by atoms with Crippen molar-refractivity contribution in [3.63, 3.8) is 0 Å². The number of hydrogen-bond acceptors (Lipinski definition) is 8. The van der Waals surface area contributed by atoms with Crippen LogP contribution in [-0.4, -0.2) is 60.5 Å². The Morgan fingerprint density at radius 3 is 1.27 bits per heavy atom. The van der Waals surface area contributed by atoms with Gasteiger partial charge >= 0.3 is 19.8 Å². The van der Waals surface area contributed by atoms with E-state index in [0.29, 0.717) is 6.61 Å². The van der Waals surface area contributed by atoms with Gasteiger partial charge in [0.2, 0.25) is 0 Å². The van der Waals surface area contributed by atoms with Crippen molar-refractivity contribution >= 4 is 19.8 Å². The van der Waals surface area contributed by atoms with E-state index in [2.05, 4.69) is 13.8 Å². The molecule has 0 aromatic carbocycles. The first-order chi connectivity index (χ1) is 25.2. The Labute approximate surface area is 319 Å². The number of phosphoric ester groups is 1. The molecule has 0 aliphatic rings. The minimum Gasteiger partial charge on any atom is -0.480 e. The van der Waals surface area contributed by atoms with Crippen LogP contribution in [0.3, 0.4) is 0 Å². The number of esters is 1. The van der Waals surface area contributed by atoms with Crippen molar-refractivity contribution in [1.29, 1.82) is 0 Å². The van der Waals surface area contributed by atoms with Gasteiger partial charge < -0.3 is 25.2 Å². The van der Waals surface area contributed by atoms with Crippen LogP contribution >= 0.6 is 7.82 Å². The smallest absolute Gasteiger partial charge is 0.472 e. The number of unbranched alkanes of at least 4 members (excludes halogenated alkanes) is 28. The van der Waals surface area contributed by atoms with E-state index in [4.69, 9.17) is 29.4 Å². The fourth-order valence-electron chi connectivity index (χ4n) is 6.25. The highest BCUT2D eigenvalue weighted by atomic mass is 31.2. The summed E-state index contributed by atoms with van der Waals surface area (Å²) >= 11 is 0. The molecule has 0 aromatic rings. The third-order valence-electron chi connectivity index (χ3n) is 9.64. The summed E-state index contributed by atoms with van der Waals surface area (Å²) in [6, 6.07) is -1.47. The second-order valence-corrected chi connectivity index (χ2v) is 16.3. The maximum Gasteiger partial charge on any atom is 0.472 e. The quantitative estimate of drug-likeness (QED) is 0.0311. The summed E-state index contributed by atoms with van der Waals surface area (Å²) in [5.41, 5.74) is 5.35. The lowest BCUT2D eigenvalue weighted by Gasteiger charge is -2.20. The summed E-state index contributed by atoms with van der Waals surface area (Å²) in [5, 5.41) is 8.88. The van der Waals surface area contributed by atoms with E-state index >= 15 is 0 Å². The van der Waals surface area contributed by atoms with E-state index in [1.165, 1.54) is 154 Å². The van der Waals surface area contributed by atoms with Crippen LogP contribution in [0.1, 0.15) is 213 Å². The van der Waals surface area contributed by atoms with Crippen molar-refractivity contribution < 1.29 is 42.7 Å². The van der Waals surface area contributed by atoms with Crippen LogP contribution in [0.4, 0.5) is 0 Å². The maximum atomic E-state index is 12.6. The number of nitrogens with two attached hydrogens (primary N) is 1. The molecule has 0 saturated heterocycles. The molecular formula is C41H82NO9P. The fraction of sp³-hybridized carbons (Fsp3) is 0.951. The minimum absolute atomic E-state index is 0.0257. The number of phosphoric acid groups is 1. The topological polar surface area (TPSA) is 155 Å².